The third-order valence-electron chi connectivity index (χ3n) is 1.56. The third-order valence-corrected chi connectivity index (χ3v) is 2.30. The largest absolute Gasteiger partial charge is 0.370 e. The van der Waals surface area contributed by atoms with E-state index in [1.165, 1.54) is 0 Å². The second kappa shape index (κ2) is 2.82. The molecule has 0 spiro atoms. The number of hydrogen-bond donors (Lipinski definition) is 2. The minimum atomic E-state index is -0.875. The van der Waals surface area contributed by atoms with Gasteiger partial charge in [-0.15, -0.1) is 11.8 Å². The van der Waals surface area contributed by atoms with Gasteiger partial charge in [0, 0.05) is 12.7 Å². The smallest absolute Gasteiger partial charge is 0.147 e. The van der Waals surface area contributed by atoms with Gasteiger partial charge >= 0.3 is 0 Å². The summed E-state index contributed by atoms with van der Waals surface area (Å²) in [5, 5.41) is 11.5. The summed E-state index contributed by atoms with van der Waals surface area (Å²) in [6, 6.07) is 0. The summed E-state index contributed by atoms with van der Waals surface area (Å²) in [7, 11) is 0. The standard InChI is InChI=1S/C6H12N2OS/c1-6(9,4-7)8-2-3-10-5-8/h2-3,9H,4-5,7H2,1H3/t6-/m1/s1. The molecule has 1 aliphatic rings. The van der Waals surface area contributed by atoms with Gasteiger partial charge in [-0.05, 0) is 12.3 Å². The Morgan fingerprint density at radius 1 is 1.90 bits per heavy atom. The van der Waals surface area contributed by atoms with E-state index in [4.69, 9.17) is 5.73 Å². The lowest BCUT2D eigenvalue weighted by Gasteiger charge is -2.31. The van der Waals surface area contributed by atoms with Crippen molar-refractivity contribution in [2.75, 3.05) is 12.4 Å². The molecule has 0 unspecified atom stereocenters. The van der Waals surface area contributed by atoms with Gasteiger partial charge in [0.2, 0.25) is 0 Å². The zero-order valence-electron chi connectivity index (χ0n) is 5.95. The first-order valence-corrected chi connectivity index (χ1v) is 4.19. The van der Waals surface area contributed by atoms with Crippen molar-refractivity contribution in [2.45, 2.75) is 12.6 Å². The Morgan fingerprint density at radius 3 is 3.00 bits per heavy atom. The van der Waals surface area contributed by atoms with Crippen LogP contribution in [0.3, 0.4) is 0 Å². The van der Waals surface area contributed by atoms with E-state index in [0.717, 1.165) is 5.88 Å². The van der Waals surface area contributed by atoms with Crippen LogP contribution in [-0.4, -0.2) is 28.2 Å². The van der Waals surface area contributed by atoms with Gasteiger partial charge in [-0.3, -0.25) is 0 Å². The highest BCUT2D eigenvalue weighted by Crippen LogP contribution is 2.21. The highest BCUT2D eigenvalue weighted by molar-refractivity contribution is 8.02. The van der Waals surface area contributed by atoms with E-state index >= 15 is 0 Å². The van der Waals surface area contributed by atoms with Crippen LogP contribution >= 0.6 is 11.8 Å². The fraction of sp³-hybridized carbons (Fsp3) is 0.667. The van der Waals surface area contributed by atoms with Crippen LogP contribution in [0.25, 0.3) is 0 Å². The van der Waals surface area contributed by atoms with Crippen molar-refractivity contribution in [1.29, 1.82) is 0 Å². The molecule has 0 aromatic rings. The molecule has 0 amide bonds. The molecule has 0 aliphatic carbocycles. The maximum Gasteiger partial charge on any atom is 0.147 e. The average Bonchev–Trinajstić information content (AvgIpc) is 2.38. The van der Waals surface area contributed by atoms with Crippen molar-refractivity contribution in [1.82, 2.24) is 4.90 Å². The van der Waals surface area contributed by atoms with Gasteiger partial charge < -0.3 is 15.7 Å². The number of hydrogen-bond acceptors (Lipinski definition) is 4. The first kappa shape index (κ1) is 7.91. The first-order valence-electron chi connectivity index (χ1n) is 3.14. The van der Waals surface area contributed by atoms with Gasteiger partial charge in [-0.25, -0.2) is 0 Å². The van der Waals surface area contributed by atoms with E-state index in [9.17, 15) is 5.11 Å². The number of rotatable bonds is 2. The summed E-state index contributed by atoms with van der Waals surface area (Å²) in [5.41, 5.74) is 4.48. The lowest BCUT2D eigenvalue weighted by molar-refractivity contribution is -0.0464. The van der Waals surface area contributed by atoms with Crippen molar-refractivity contribution < 1.29 is 5.11 Å². The molecule has 0 aromatic carbocycles. The Labute approximate surface area is 64.9 Å². The summed E-state index contributed by atoms with van der Waals surface area (Å²) < 4.78 is 0. The fourth-order valence-electron chi connectivity index (χ4n) is 0.700. The zero-order chi connectivity index (χ0) is 7.61. The van der Waals surface area contributed by atoms with Gasteiger partial charge in [0.1, 0.15) is 5.72 Å². The third kappa shape index (κ3) is 1.45. The van der Waals surface area contributed by atoms with Crippen LogP contribution in [0.2, 0.25) is 0 Å². The summed E-state index contributed by atoms with van der Waals surface area (Å²) in [5.74, 6) is 0.796. The molecule has 10 heavy (non-hydrogen) atoms. The van der Waals surface area contributed by atoms with Crippen molar-refractivity contribution in [3.63, 3.8) is 0 Å². The van der Waals surface area contributed by atoms with Crippen LogP contribution < -0.4 is 5.73 Å². The van der Waals surface area contributed by atoms with Gasteiger partial charge in [0.15, 0.2) is 0 Å². The van der Waals surface area contributed by atoms with Crippen molar-refractivity contribution >= 4 is 11.8 Å². The molecule has 58 valence electrons. The fourth-order valence-corrected chi connectivity index (χ4v) is 1.54. The molecule has 0 aromatic heterocycles. The molecule has 1 aliphatic heterocycles. The van der Waals surface area contributed by atoms with Crippen molar-refractivity contribution in [3.05, 3.63) is 11.6 Å². The number of thioether (sulfide) groups is 1. The lowest BCUT2D eigenvalue weighted by atomic mass is 10.2. The number of nitrogens with zero attached hydrogens (tertiary/aromatic N) is 1. The molecule has 3 nitrogen and oxygen atoms in total. The Balaban J connectivity index is 2.54. The highest BCUT2D eigenvalue weighted by atomic mass is 32.2. The predicted molar refractivity (Wildman–Crippen MR) is 43.1 cm³/mol. The zero-order valence-corrected chi connectivity index (χ0v) is 6.77. The van der Waals surface area contributed by atoms with Gasteiger partial charge in [-0.1, -0.05) is 0 Å². The minimum Gasteiger partial charge on any atom is -0.370 e. The molecule has 0 fully saturated rings. The van der Waals surface area contributed by atoms with Crippen LogP contribution in [-0.2, 0) is 0 Å². The molecule has 1 rings (SSSR count). The second-order valence-corrected chi connectivity index (χ2v) is 3.34. The van der Waals surface area contributed by atoms with E-state index in [1.807, 2.05) is 16.5 Å². The van der Waals surface area contributed by atoms with Gasteiger partial charge in [-0.2, -0.15) is 0 Å². The maximum absolute atomic E-state index is 9.56. The van der Waals surface area contributed by atoms with Crippen molar-refractivity contribution in [2.24, 2.45) is 5.73 Å². The van der Waals surface area contributed by atoms with Crippen LogP contribution in [0.1, 0.15) is 6.92 Å². The number of nitrogens with two attached hydrogens (primary N) is 1. The molecular weight excluding hydrogens is 148 g/mol. The molecule has 0 bridgehead atoms. The van der Waals surface area contributed by atoms with E-state index in [0.29, 0.717) is 0 Å². The molecule has 1 heterocycles. The summed E-state index contributed by atoms with van der Waals surface area (Å²) in [6.45, 7) is 1.97. The lowest BCUT2D eigenvalue weighted by Crippen LogP contribution is -2.47. The molecule has 4 heteroatoms. The van der Waals surface area contributed by atoms with Crippen LogP contribution in [0.4, 0.5) is 0 Å². The summed E-state index contributed by atoms with van der Waals surface area (Å²) in [4.78, 5) is 1.82. The second-order valence-electron chi connectivity index (χ2n) is 2.47. The summed E-state index contributed by atoms with van der Waals surface area (Å²) in [6.07, 6.45) is 1.86. The van der Waals surface area contributed by atoms with E-state index in [1.54, 1.807) is 18.7 Å². The highest BCUT2D eigenvalue weighted by Gasteiger charge is 2.25. The number of aliphatic hydroxyl groups is 1. The monoisotopic (exact) mass is 160 g/mol. The maximum atomic E-state index is 9.56. The Bertz CT molecular complexity index is 147. The summed E-state index contributed by atoms with van der Waals surface area (Å²) >= 11 is 1.65. The van der Waals surface area contributed by atoms with E-state index < -0.39 is 5.72 Å². The molecule has 0 saturated carbocycles. The predicted octanol–water partition coefficient (Wildman–Crippen LogP) is 0.131. The van der Waals surface area contributed by atoms with Crippen LogP contribution in [0, 0.1) is 0 Å². The van der Waals surface area contributed by atoms with Gasteiger partial charge in [0.25, 0.3) is 0 Å². The average molecular weight is 160 g/mol. The SMILES string of the molecule is C[C@@](O)(CN)N1C=CSC1. The Morgan fingerprint density at radius 2 is 2.60 bits per heavy atom. The molecule has 0 saturated heterocycles. The van der Waals surface area contributed by atoms with Crippen LogP contribution in [0.5, 0.6) is 0 Å². The van der Waals surface area contributed by atoms with Crippen molar-refractivity contribution in [3.8, 4) is 0 Å². The molecule has 0 radical (unpaired) electrons. The molecule has 3 N–H and O–H groups in total. The normalized spacial score (nSPS) is 23.3. The topological polar surface area (TPSA) is 49.5 Å². The first-order chi connectivity index (χ1) is 4.67. The van der Waals surface area contributed by atoms with E-state index in [2.05, 4.69) is 0 Å². The Kier molecular flexibility index (Phi) is 2.23. The van der Waals surface area contributed by atoms with E-state index in [-0.39, 0.29) is 6.54 Å². The molecular formula is C6H12N2OS. The molecule has 1 atom stereocenters. The minimum absolute atomic E-state index is 0.262. The van der Waals surface area contributed by atoms with Crippen LogP contribution in [0.15, 0.2) is 11.6 Å². The van der Waals surface area contributed by atoms with Gasteiger partial charge in [0.05, 0.1) is 5.88 Å². The Hall–Kier alpha value is -0.190. The quantitative estimate of drug-likeness (QED) is 0.603.